The summed E-state index contributed by atoms with van der Waals surface area (Å²) in [6.45, 7) is 0. The Morgan fingerprint density at radius 1 is 0.617 bits per heavy atom. The van der Waals surface area contributed by atoms with E-state index in [2.05, 4.69) is 56.5 Å². The number of aryl methyl sites for hydroxylation is 1. The molecule has 7 heteroatoms. The van der Waals surface area contributed by atoms with Crippen LogP contribution in [0.2, 0.25) is 0 Å². The molecule has 7 rings (SSSR count). The monoisotopic (exact) mass is 728 g/mol. The number of nitrogens with zero attached hydrogens (tertiary/aromatic N) is 2. The summed E-state index contributed by atoms with van der Waals surface area (Å²) in [5.41, 5.74) is 7.60. The van der Waals surface area contributed by atoms with Gasteiger partial charge in [0.15, 0.2) is 23.0 Å². The molecule has 6 nitrogen and oxygen atoms in total. The van der Waals surface area contributed by atoms with Crippen LogP contribution in [0.15, 0.2) is 140 Å². The van der Waals surface area contributed by atoms with Gasteiger partial charge in [0, 0.05) is 40.0 Å². The molecule has 2 amide bonds. The lowest BCUT2D eigenvalue weighted by Gasteiger charge is -2.28. The smallest absolute Gasteiger partial charge is 0.315 e. The van der Waals surface area contributed by atoms with Gasteiger partial charge in [-0.15, -0.1) is 0 Å². The summed E-state index contributed by atoms with van der Waals surface area (Å²) < 4.78 is 4.69. The fraction of sp³-hybridized carbons (Fsp3) is 0.0750. The van der Waals surface area contributed by atoms with Crippen LogP contribution in [0.4, 0.5) is 22.7 Å². The highest BCUT2D eigenvalue weighted by Crippen LogP contribution is 2.40. The van der Waals surface area contributed by atoms with Crippen LogP contribution in [0.1, 0.15) is 39.1 Å². The molecular weight excluding hydrogens is 699 g/mol. The number of hydrogen-bond acceptors (Lipinski definition) is 5. The van der Waals surface area contributed by atoms with E-state index in [0.717, 1.165) is 39.1 Å². The third-order valence-corrected chi connectivity index (χ3v) is 8.99. The fourth-order valence-electron chi connectivity index (χ4n) is 6.26. The Morgan fingerprint density at radius 3 is 1.81 bits per heavy atom. The average molecular weight is 729 g/mol. The Hall–Kier alpha value is -5.28. The van der Waals surface area contributed by atoms with Crippen molar-refractivity contribution in [3.63, 3.8) is 0 Å². The zero-order valence-electron chi connectivity index (χ0n) is 25.3. The number of carbonyl (C=O) groups is 3. The number of amides is 2. The van der Waals surface area contributed by atoms with Gasteiger partial charge in [-0.1, -0.05) is 78.9 Å². The van der Waals surface area contributed by atoms with Crippen LogP contribution in [-0.2, 0) is 14.3 Å². The first-order valence-corrected chi connectivity index (χ1v) is 16.3. The number of benzene rings is 6. The maximum atomic E-state index is 13.9. The van der Waals surface area contributed by atoms with E-state index in [0.29, 0.717) is 41.5 Å². The van der Waals surface area contributed by atoms with E-state index in [1.807, 2.05) is 72.8 Å². The van der Waals surface area contributed by atoms with Crippen LogP contribution in [0.5, 0.6) is 0 Å². The Balaban J connectivity index is 1.20. The number of carbonyl (C=O) groups excluding carboxylic acids is 3. The Morgan fingerprint density at radius 2 is 1.19 bits per heavy atom. The van der Waals surface area contributed by atoms with Gasteiger partial charge in [0.25, 0.3) is 11.8 Å². The second-order valence-corrected chi connectivity index (χ2v) is 11.8. The van der Waals surface area contributed by atoms with E-state index in [1.165, 1.54) is 4.90 Å². The molecule has 0 fully saturated rings. The van der Waals surface area contributed by atoms with E-state index in [-0.39, 0.29) is 17.8 Å². The lowest BCUT2D eigenvalue weighted by molar-refractivity contribution is -0.131. The van der Waals surface area contributed by atoms with Crippen molar-refractivity contribution in [3.8, 4) is 11.1 Å². The summed E-state index contributed by atoms with van der Waals surface area (Å²) in [6.07, 6.45) is 1.68. The van der Waals surface area contributed by atoms with Crippen LogP contribution in [0, 0.1) is 0 Å². The number of hydrogen-bond donors (Lipinski definition) is 0. The van der Waals surface area contributed by atoms with Gasteiger partial charge >= 0.3 is 5.97 Å². The zero-order valence-corrected chi connectivity index (χ0v) is 27.5. The molecule has 230 valence electrons. The normalized spacial score (nSPS) is 12.3. The van der Waals surface area contributed by atoms with Crippen molar-refractivity contribution in [2.24, 2.45) is 0 Å². The molecule has 0 saturated carbocycles. The van der Waals surface area contributed by atoms with Crippen molar-refractivity contribution in [2.45, 2.75) is 19.3 Å². The van der Waals surface area contributed by atoms with Crippen LogP contribution < -0.4 is 9.80 Å². The minimum Gasteiger partial charge on any atom is -0.394 e. The number of imide groups is 1. The molecule has 0 aliphatic carbocycles. The number of rotatable bonds is 9. The number of para-hydroxylation sites is 2. The topological polar surface area (TPSA) is 66.9 Å². The van der Waals surface area contributed by atoms with Crippen LogP contribution >= 0.6 is 23.0 Å². The molecule has 47 heavy (non-hydrogen) atoms. The Labute approximate surface area is 286 Å². The van der Waals surface area contributed by atoms with Crippen LogP contribution in [0.25, 0.3) is 21.9 Å². The predicted octanol–water partition coefficient (Wildman–Crippen LogP) is 9.99. The maximum absolute atomic E-state index is 13.9. The van der Waals surface area contributed by atoms with Gasteiger partial charge in [-0.25, -0.2) is 4.90 Å². The molecule has 1 heterocycles. The molecule has 1 aliphatic rings. The molecular formula is C40H29IN2O4. The first kappa shape index (κ1) is 30.4. The zero-order chi connectivity index (χ0) is 32.3. The van der Waals surface area contributed by atoms with Crippen molar-refractivity contribution in [2.75, 3.05) is 9.80 Å². The molecule has 1 aliphatic heterocycles. The lowest BCUT2D eigenvalue weighted by atomic mass is 9.89. The van der Waals surface area contributed by atoms with Crippen molar-refractivity contribution >= 4 is 74.3 Å². The molecule has 0 bridgehead atoms. The van der Waals surface area contributed by atoms with Crippen molar-refractivity contribution < 1.29 is 17.4 Å². The van der Waals surface area contributed by atoms with Crippen LogP contribution in [-0.4, -0.2) is 17.8 Å². The summed E-state index contributed by atoms with van der Waals surface area (Å²) in [4.78, 5) is 42.6. The van der Waals surface area contributed by atoms with Gasteiger partial charge in [0.2, 0.25) is 0 Å². The van der Waals surface area contributed by atoms with Gasteiger partial charge in [0.1, 0.15) is 0 Å². The highest BCUT2D eigenvalue weighted by Gasteiger charge is 2.34. The van der Waals surface area contributed by atoms with Gasteiger partial charge < -0.3 is 7.97 Å². The van der Waals surface area contributed by atoms with E-state index < -0.39 is 0 Å². The van der Waals surface area contributed by atoms with E-state index in [1.54, 1.807) is 41.2 Å². The van der Waals surface area contributed by atoms with Crippen molar-refractivity contribution in [1.29, 1.82) is 0 Å². The summed E-state index contributed by atoms with van der Waals surface area (Å²) in [7, 11) is 0. The van der Waals surface area contributed by atoms with Gasteiger partial charge in [-0.05, 0) is 95.6 Å². The van der Waals surface area contributed by atoms with Crippen LogP contribution in [0.3, 0.4) is 0 Å². The summed E-state index contributed by atoms with van der Waals surface area (Å²) in [6, 6.07) is 45.7. The first-order chi connectivity index (χ1) is 23.0. The van der Waals surface area contributed by atoms with E-state index >= 15 is 0 Å². The van der Waals surface area contributed by atoms with E-state index in [9.17, 15) is 14.4 Å². The SMILES string of the molecule is O=C(CCCc1ccc(N2C(=O)c3cccc4c(-c5ccc(N(c6ccccc6)c6ccccc6)cc5)ccc(c34)C2=O)cc1)OI. The molecule has 0 saturated heterocycles. The maximum Gasteiger partial charge on any atom is 0.315 e. The second-order valence-electron chi connectivity index (χ2n) is 11.4. The highest BCUT2D eigenvalue weighted by atomic mass is 127. The minimum atomic E-state index is -0.348. The molecule has 0 aromatic heterocycles. The van der Waals surface area contributed by atoms with E-state index in [4.69, 9.17) is 0 Å². The molecule has 0 spiro atoms. The molecule has 0 radical (unpaired) electrons. The van der Waals surface area contributed by atoms with Crippen molar-refractivity contribution in [1.82, 2.24) is 0 Å². The first-order valence-electron chi connectivity index (χ1n) is 15.4. The Bertz CT molecular complexity index is 2040. The molecule has 0 N–H and O–H groups in total. The standard InChI is InChI=1S/C40H29IN2O4/c41-47-37(44)16-7-9-27-17-21-32(22-18-27)43-39(45)35-15-8-14-34-33(25-26-36(38(34)35)40(43)46)28-19-23-31(24-20-28)42(29-10-3-1-4-11-29)30-12-5-2-6-13-30/h1-6,8,10-15,17-26H,7,9,16H2. The average Bonchev–Trinajstić information content (AvgIpc) is 3.12. The quantitative estimate of drug-likeness (QED) is 0.110. The van der Waals surface area contributed by atoms with Gasteiger partial charge in [-0.3, -0.25) is 14.4 Å². The second kappa shape index (κ2) is 13.2. The summed E-state index contributed by atoms with van der Waals surface area (Å²) in [5, 5.41) is 1.53. The third kappa shape index (κ3) is 5.90. The molecule has 6 aromatic carbocycles. The summed E-state index contributed by atoms with van der Waals surface area (Å²) in [5.74, 6) is -0.948. The largest absolute Gasteiger partial charge is 0.394 e. The summed E-state index contributed by atoms with van der Waals surface area (Å²) >= 11 is 1.59. The highest BCUT2D eigenvalue weighted by molar-refractivity contribution is 14.1. The lowest BCUT2D eigenvalue weighted by Crippen LogP contribution is -2.40. The number of anilines is 4. The molecule has 0 unspecified atom stereocenters. The van der Waals surface area contributed by atoms with Crippen molar-refractivity contribution in [3.05, 3.63) is 156 Å². The minimum absolute atomic E-state index is 0.252. The van der Waals surface area contributed by atoms with Gasteiger partial charge in [0.05, 0.1) is 5.69 Å². The number of halogens is 1. The molecule has 6 aromatic rings. The third-order valence-electron chi connectivity index (χ3n) is 8.50. The fourth-order valence-corrected chi connectivity index (χ4v) is 6.48. The Kier molecular flexibility index (Phi) is 8.54. The molecule has 0 atom stereocenters. The predicted molar refractivity (Wildman–Crippen MR) is 195 cm³/mol. The van der Waals surface area contributed by atoms with Gasteiger partial charge in [-0.2, -0.15) is 0 Å².